The van der Waals surface area contributed by atoms with Crippen LogP contribution in [0.2, 0.25) is 0 Å². The minimum atomic E-state index is 0.144. The molecule has 2 aliphatic rings. The van der Waals surface area contributed by atoms with E-state index >= 15 is 0 Å². The van der Waals surface area contributed by atoms with Crippen molar-refractivity contribution in [1.29, 1.82) is 0 Å². The van der Waals surface area contributed by atoms with Gasteiger partial charge in [0.25, 0.3) is 5.91 Å². The normalized spacial score (nSPS) is 24.3. The number of anilines is 1. The molecule has 2 unspecified atom stereocenters. The van der Waals surface area contributed by atoms with Gasteiger partial charge in [0, 0.05) is 31.4 Å². The van der Waals surface area contributed by atoms with Crippen LogP contribution in [0.15, 0.2) is 18.2 Å². The third-order valence-corrected chi connectivity index (χ3v) is 4.20. The highest BCUT2D eigenvalue weighted by molar-refractivity contribution is 5.95. The fraction of sp³-hybridized carbons (Fsp3) is 0.533. The zero-order valence-corrected chi connectivity index (χ0v) is 11.1. The number of rotatable bonds is 3. The summed E-state index contributed by atoms with van der Waals surface area (Å²) in [6.45, 7) is 4.13. The molecule has 1 N–H and O–H groups in total. The predicted octanol–water partition coefficient (Wildman–Crippen LogP) is 2.38. The van der Waals surface area contributed by atoms with Crippen molar-refractivity contribution in [1.82, 2.24) is 4.90 Å². The van der Waals surface area contributed by atoms with E-state index in [0.29, 0.717) is 5.92 Å². The van der Waals surface area contributed by atoms with Crippen molar-refractivity contribution in [3.05, 3.63) is 29.3 Å². The number of nitrogens with zero attached hydrogens (tertiary/aromatic N) is 1. The van der Waals surface area contributed by atoms with Crippen molar-refractivity contribution in [2.24, 2.45) is 11.8 Å². The molecule has 1 aromatic rings. The lowest BCUT2D eigenvalue weighted by atomic mass is 10.1. The number of carbonyl (C=O) groups is 1. The molecular formula is C15H20N2O. The number of hydrogen-bond acceptors (Lipinski definition) is 2. The standard InChI is InChI=1S/C15H20N2O/c1-10-7-13(10)9-17(2)15(18)12-4-3-11-5-6-16-14(11)8-12/h3-4,8,10,13,16H,5-7,9H2,1-2H3. The fourth-order valence-corrected chi connectivity index (χ4v) is 2.73. The summed E-state index contributed by atoms with van der Waals surface area (Å²) in [7, 11) is 1.91. The van der Waals surface area contributed by atoms with Gasteiger partial charge in [0.15, 0.2) is 0 Å². The molecule has 1 aliphatic heterocycles. The Morgan fingerprint density at radius 3 is 3.00 bits per heavy atom. The second-order valence-corrected chi connectivity index (χ2v) is 5.71. The first-order chi connectivity index (χ1) is 8.65. The summed E-state index contributed by atoms with van der Waals surface area (Å²) < 4.78 is 0. The molecule has 0 saturated heterocycles. The molecule has 3 rings (SSSR count). The summed E-state index contributed by atoms with van der Waals surface area (Å²) in [6.07, 6.45) is 2.34. The van der Waals surface area contributed by atoms with Gasteiger partial charge in [-0.05, 0) is 42.4 Å². The lowest BCUT2D eigenvalue weighted by Gasteiger charge is -2.17. The first-order valence-corrected chi connectivity index (χ1v) is 6.77. The molecule has 0 radical (unpaired) electrons. The lowest BCUT2D eigenvalue weighted by Crippen LogP contribution is -2.29. The van der Waals surface area contributed by atoms with Gasteiger partial charge < -0.3 is 10.2 Å². The number of fused-ring (bicyclic) bond motifs is 1. The van der Waals surface area contributed by atoms with Gasteiger partial charge in [-0.3, -0.25) is 4.79 Å². The van der Waals surface area contributed by atoms with Gasteiger partial charge in [-0.15, -0.1) is 0 Å². The Labute approximate surface area is 108 Å². The minimum Gasteiger partial charge on any atom is -0.384 e. The molecule has 0 spiro atoms. The zero-order valence-electron chi connectivity index (χ0n) is 11.1. The molecule has 1 heterocycles. The van der Waals surface area contributed by atoms with E-state index in [1.54, 1.807) is 0 Å². The molecule has 1 amide bonds. The third-order valence-electron chi connectivity index (χ3n) is 4.20. The van der Waals surface area contributed by atoms with Gasteiger partial charge in [0.2, 0.25) is 0 Å². The van der Waals surface area contributed by atoms with Crippen molar-refractivity contribution in [3.63, 3.8) is 0 Å². The zero-order chi connectivity index (χ0) is 12.7. The van der Waals surface area contributed by atoms with Crippen molar-refractivity contribution >= 4 is 11.6 Å². The first-order valence-electron chi connectivity index (χ1n) is 6.77. The number of hydrogen-bond donors (Lipinski definition) is 1. The van der Waals surface area contributed by atoms with Crippen LogP contribution in [0.25, 0.3) is 0 Å². The van der Waals surface area contributed by atoms with Crippen molar-refractivity contribution in [3.8, 4) is 0 Å². The maximum Gasteiger partial charge on any atom is 0.253 e. The maximum atomic E-state index is 12.3. The number of benzene rings is 1. The molecule has 1 aromatic carbocycles. The Morgan fingerprint density at radius 1 is 1.50 bits per heavy atom. The summed E-state index contributed by atoms with van der Waals surface area (Å²) in [5.74, 6) is 1.65. The van der Waals surface area contributed by atoms with Crippen molar-refractivity contribution in [2.75, 3.05) is 25.5 Å². The van der Waals surface area contributed by atoms with E-state index in [2.05, 4.69) is 18.3 Å². The Morgan fingerprint density at radius 2 is 2.28 bits per heavy atom. The molecule has 18 heavy (non-hydrogen) atoms. The molecule has 1 aliphatic carbocycles. The molecule has 0 bridgehead atoms. The largest absolute Gasteiger partial charge is 0.384 e. The Bertz CT molecular complexity index is 483. The van der Waals surface area contributed by atoms with E-state index < -0.39 is 0 Å². The van der Waals surface area contributed by atoms with Crippen LogP contribution < -0.4 is 5.32 Å². The quantitative estimate of drug-likeness (QED) is 0.885. The molecule has 1 fully saturated rings. The van der Waals surface area contributed by atoms with Crippen molar-refractivity contribution < 1.29 is 4.79 Å². The van der Waals surface area contributed by atoms with E-state index in [1.807, 2.05) is 24.1 Å². The average molecular weight is 244 g/mol. The summed E-state index contributed by atoms with van der Waals surface area (Å²) in [5.41, 5.74) is 3.26. The third kappa shape index (κ3) is 2.09. The van der Waals surface area contributed by atoms with Crippen LogP contribution in [0, 0.1) is 11.8 Å². The second-order valence-electron chi connectivity index (χ2n) is 5.71. The predicted molar refractivity (Wildman–Crippen MR) is 72.9 cm³/mol. The topological polar surface area (TPSA) is 32.3 Å². The van der Waals surface area contributed by atoms with E-state index in [-0.39, 0.29) is 5.91 Å². The summed E-state index contributed by atoms with van der Waals surface area (Å²) in [4.78, 5) is 14.2. The van der Waals surface area contributed by atoms with Crippen LogP contribution in [0.5, 0.6) is 0 Å². The molecule has 3 nitrogen and oxygen atoms in total. The Kier molecular flexibility index (Phi) is 2.77. The van der Waals surface area contributed by atoms with Gasteiger partial charge in [-0.1, -0.05) is 13.0 Å². The van der Waals surface area contributed by atoms with Crippen LogP contribution in [-0.4, -0.2) is 30.9 Å². The molecule has 2 atom stereocenters. The average Bonchev–Trinajstić information content (AvgIpc) is 2.89. The molecule has 0 aromatic heterocycles. The van der Waals surface area contributed by atoms with E-state index in [1.165, 1.54) is 12.0 Å². The van der Waals surface area contributed by atoms with Crippen LogP contribution in [-0.2, 0) is 6.42 Å². The smallest absolute Gasteiger partial charge is 0.253 e. The van der Waals surface area contributed by atoms with Crippen molar-refractivity contribution in [2.45, 2.75) is 19.8 Å². The van der Waals surface area contributed by atoms with Gasteiger partial charge in [0.05, 0.1) is 0 Å². The molecule has 3 heteroatoms. The molecule has 1 saturated carbocycles. The first kappa shape index (κ1) is 11.6. The highest BCUT2D eigenvalue weighted by Crippen LogP contribution is 2.38. The van der Waals surface area contributed by atoms with E-state index in [9.17, 15) is 4.79 Å². The van der Waals surface area contributed by atoms with Gasteiger partial charge in [-0.2, -0.15) is 0 Å². The van der Waals surface area contributed by atoms with E-state index in [0.717, 1.165) is 36.7 Å². The molecular weight excluding hydrogens is 224 g/mol. The van der Waals surface area contributed by atoms with Crippen LogP contribution in [0.4, 0.5) is 5.69 Å². The number of nitrogens with one attached hydrogen (secondary N) is 1. The highest BCUT2D eigenvalue weighted by atomic mass is 16.2. The Hall–Kier alpha value is -1.51. The SMILES string of the molecule is CC1CC1CN(C)C(=O)c1ccc2c(c1)NCC2. The maximum absolute atomic E-state index is 12.3. The van der Waals surface area contributed by atoms with Crippen LogP contribution in [0.1, 0.15) is 29.3 Å². The summed E-state index contributed by atoms with van der Waals surface area (Å²) in [5, 5.41) is 3.32. The van der Waals surface area contributed by atoms with Crippen LogP contribution in [0.3, 0.4) is 0 Å². The Balaban J connectivity index is 1.71. The van der Waals surface area contributed by atoms with E-state index in [4.69, 9.17) is 0 Å². The monoisotopic (exact) mass is 244 g/mol. The highest BCUT2D eigenvalue weighted by Gasteiger charge is 2.34. The number of carbonyl (C=O) groups excluding carboxylic acids is 1. The van der Waals surface area contributed by atoms with Gasteiger partial charge in [-0.25, -0.2) is 0 Å². The van der Waals surface area contributed by atoms with Gasteiger partial charge >= 0.3 is 0 Å². The minimum absolute atomic E-state index is 0.144. The second kappa shape index (κ2) is 4.30. The lowest BCUT2D eigenvalue weighted by molar-refractivity contribution is 0.0787. The summed E-state index contributed by atoms with van der Waals surface area (Å²) >= 11 is 0. The van der Waals surface area contributed by atoms with Gasteiger partial charge in [0.1, 0.15) is 0 Å². The summed E-state index contributed by atoms with van der Waals surface area (Å²) in [6, 6.07) is 6.04. The number of amides is 1. The fourth-order valence-electron chi connectivity index (χ4n) is 2.73. The van der Waals surface area contributed by atoms with Crippen LogP contribution >= 0.6 is 0 Å². The molecule has 96 valence electrons.